The zero-order valence-electron chi connectivity index (χ0n) is 22.5. The van der Waals surface area contributed by atoms with E-state index in [1.165, 1.54) is 10.9 Å². The summed E-state index contributed by atoms with van der Waals surface area (Å²) in [4.78, 5) is 12.6. The summed E-state index contributed by atoms with van der Waals surface area (Å²) in [7, 11) is 1.60. The molecule has 1 aliphatic heterocycles. The molecule has 0 radical (unpaired) electrons. The highest BCUT2D eigenvalue weighted by atomic mass is 19.1. The number of aromatic nitrogens is 4. The summed E-state index contributed by atoms with van der Waals surface area (Å²) >= 11 is 0. The number of aliphatic hydroxyl groups excluding tert-OH is 1. The fourth-order valence-corrected chi connectivity index (χ4v) is 5.55. The molecular formula is C31H29F2N5O3. The number of hydrogen-bond acceptors (Lipinski definition) is 7. The van der Waals surface area contributed by atoms with Gasteiger partial charge in [-0.15, -0.1) is 0 Å². The molecule has 0 unspecified atom stereocenters. The maximum absolute atomic E-state index is 15.3. The van der Waals surface area contributed by atoms with Crippen LogP contribution in [0.25, 0.3) is 11.2 Å². The molecule has 1 aliphatic rings. The van der Waals surface area contributed by atoms with Gasteiger partial charge in [0.2, 0.25) is 0 Å². The van der Waals surface area contributed by atoms with Crippen LogP contribution >= 0.6 is 0 Å². The van der Waals surface area contributed by atoms with E-state index < -0.39 is 36.0 Å². The number of alkyl halides is 1. The Labute approximate surface area is 235 Å². The second kappa shape index (κ2) is 10.9. The second-order valence-electron chi connectivity index (χ2n) is 10.1. The van der Waals surface area contributed by atoms with Crippen molar-refractivity contribution in [1.82, 2.24) is 19.5 Å². The molecular weight excluding hydrogens is 528 g/mol. The number of benzene rings is 3. The first-order valence-corrected chi connectivity index (χ1v) is 13.3. The van der Waals surface area contributed by atoms with Crippen LogP contribution in [0.5, 0.6) is 5.75 Å². The summed E-state index contributed by atoms with van der Waals surface area (Å²) in [5.74, 6) is 0.242. The Morgan fingerprint density at radius 1 is 0.951 bits per heavy atom. The van der Waals surface area contributed by atoms with Crippen LogP contribution in [0.3, 0.4) is 0 Å². The van der Waals surface area contributed by atoms with Gasteiger partial charge in [-0.25, -0.2) is 9.37 Å². The lowest BCUT2D eigenvalue weighted by molar-refractivity contribution is -0.0379. The van der Waals surface area contributed by atoms with Crippen LogP contribution in [0, 0.1) is 12.0 Å². The Bertz CT molecular complexity index is 1590. The molecule has 0 bridgehead atoms. The van der Waals surface area contributed by atoms with Gasteiger partial charge in [0.15, 0.2) is 29.4 Å². The second-order valence-corrected chi connectivity index (χ2v) is 10.1. The molecule has 1 fully saturated rings. The van der Waals surface area contributed by atoms with E-state index in [1.807, 2.05) is 84.9 Å². The predicted molar refractivity (Wildman–Crippen MR) is 150 cm³/mol. The van der Waals surface area contributed by atoms with E-state index in [4.69, 9.17) is 9.47 Å². The summed E-state index contributed by atoms with van der Waals surface area (Å²) in [5, 5.41) is 13.2. The molecule has 0 saturated carbocycles. The van der Waals surface area contributed by atoms with E-state index in [0.29, 0.717) is 5.75 Å². The topological polar surface area (TPSA) is 94.3 Å². The molecule has 1 saturated heterocycles. The number of halogens is 2. The molecule has 5 aromatic rings. The van der Waals surface area contributed by atoms with Crippen LogP contribution in [-0.4, -0.2) is 50.6 Å². The summed E-state index contributed by atoms with van der Waals surface area (Å²) in [6, 6.07) is 27.1. The number of nitrogens with zero attached hydrogens (tertiary/aromatic N) is 4. The van der Waals surface area contributed by atoms with Crippen molar-refractivity contribution >= 4 is 17.0 Å². The molecule has 2 N–H and O–H groups in total. The number of nitrogens with one attached hydrogen (secondary N) is 1. The van der Waals surface area contributed by atoms with Crippen molar-refractivity contribution in [2.45, 2.75) is 31.0 Å². The van der Waals surface area contributed by atoms with Crippen molar-refractivity contribution in [3.8, 4) is 5.75 Å². The highest BCUT2D eigenvalue weighted by molar-refractivity contribution is 5.84. The van der Waals surface area contributed by atoms with Crippen LogP contribution in [0.2, 0.25) is 0 Å². The van der Waals surface area contributed by atoms with Crippen LogP contribution < -0.4 is 10.1 Å². The largest absolute Gasteiger partial charge is 0.497 e. The number of imidazole rings is 1. The van der Waals surface area contributed by atoms with Crippen molar-refractivity contribution in [2.75, 3.05) is 19.0 Å². The average Bonchev–Trinajstić information content (AvgIpc) is 3.56. The lowest BCUT2D eigenvalue weighted by Gasteiger charge is -2.37. The normalized spacial score (nSPS) is 20.8. The molecule has 41 heavy (non-hydrogen) atoms. The molecule has 3 aromatic carbocycles. The van der Waals surface area contributed by atoms with Crippen LogP contribution in [-0.2, 0) is 10.3 Å². The fraction of sp³-hybridized carbons (Fsp3) is 0.258. The van der Waals surface area contributed by atoms with Crippen LogP contribution in [0.4, 0.5) is 14.6 Å². The monoisotopic (exact) mass is 557 g/mol. The molecule has 0 spiro atoms. The van der Waals surface area contributed by atoms with Crippen molar-refractivity contribution in [3.63, 3.8) is 0 Å². The lowest BCUT2D eigenvalue weighted by atomic mass is 9.77. The van der Waals surface area contributed by atoms with Crippen LogP contribution in [0.15, 0.2) is 91.3 Å². The number of methoxy groups -OCH3 is 1. The quantitative estimate of drug-likeness (QED) is 0.199. The minimum atomic E-state index is -1.45. The maximum atomic E-state index is 15.3. The summed E-state index contributed by atoms with van der Waals surface area (Å²) in [5.41, 5.74) is 1.84. The Kier molecular flexibility index (Phi) is 7.10. The number of rotatable bonds is 8. The Morgan fingerprint density at radius 3 is 2.12 bits per heavy atom. The van der Waals surface area contributed by atoms with Gasteiger partial charge in [-0.2, -0.15) is 14.4 Å². The van der Waals surface area contributed by atoms with Gasteiger partial charge in [0, 0.05) is 5.92 Å². The molecule has 10 heteroatoms. The summed E-state index contributed by atoms with van der Waals surface area (Å²) in [6.07, 6.45) is -2.91. The number of fused-ring (bicyclic) bond motifs is 1. The number of hydrogen-bond donors (Lipinski definition) is 2. The molecule has 2 aromatic heterocycles. The molecule has 4 atom stereocenters. The average molecular weight is 558 g/mol. The van der Waals surface area contributed by atoms with Gasteiger partial charge in [-0.1, -0.05) is 79.7 Å². The van der Waals surface area contributed by atoms with Crippen molar-refractivity contribution < 1.29 is 23.4 Å². The van der Waals surface area contributed by atoms with Gasteiger partial charge in [0.25, 0.3) is 0 Å². The van der Waals surface area contributed by atoms with Crippen molar-refractivity contribution in [1.29, 1.82) is 0 Å². The van der Waals surface area contributed by atoms with Gasteiger partial charge >= 0.3 is 6.08 Å². The lowest BCUT2D eigenvalue weighted by Crippen LogP contribution is -2.38. The summed E-state index contributed by atoms with van der Waals surface area (Å²) in [6.45, 7) is 1.33. The van der Waals surface area contributed by atoms with E-state index in [-0.39, 0.29) is 23.6 Å². The minimum Gasteiger partial charge on any atom is -0.497 e. The SMILES string of the molecule is COc1ccc(C(Nc2nc(F)nc3c2ncn3[C@@H]2O[C@H](CO)[C@@H](C)[C@@H]2F)(c2ccccc2)c2ccccc2)cc1. The van der Waals surface area contributed by atoms with Gasteiger partial charge in [0.1, 0.15) is 11.3 Å². The van der Waals surface area contributed by atoms with Crippen LogP contribution in [0.1, 0.15) is 29.8 Å². The van der Waals surface area contributed by atoms with Gasteiger partial charge in [-0.3, -0.25) is 4.57 Å². The van der Waals surface area contributed by atoms with E-state index in [9.17, 15) is 5.11 Å². The third-order valence-corrected chi connectivity index (χ3v) is 7.77. The highest BCUT2D eigenvalue weighted by Crippen LogP contribution is 2.42. The first-order chi connectivity index (χ1) is 20.0. The van der Waals surface area contributed by atoms with Crippen molar-refractivity contribution in [2.24, 2.45) is 5.92 Å². The Hall–Kier alpha value is -4.41. The smallest absolute Gasteiger partial charge is 0.312 e. The van der Waals surface area contributed by atoms with E-state index >= 15 is 8.78 Å². The third-order valence-electron chi connectivity index (χ3n) is 7.77. The van der Waals surface area contributed by atoms with E-state index in [1.54, 1.807) is 14.0 Å². The number of aliphatic hydroxyl groups is 1. The first kappa shape index (κ1) is 26.8. The molecule has 8 nitrogen and oxygen atoms in total. The Balaban J connectivity index is 1.55. The number of ether oxygens (including phenoxy) is 2. The van der Waals surface area contributed by atoms with E-state index in [0.717, 1.165) is 16.7 Å². The highest BCUT2D eigenvalue weighted by Gasteiger charge is 2.44. The zero-order valence-corrected chi connectivity index (χ0v) is 22.5. The first-order valence-electron chi connectivity index (χ1n) is 13.3. The number of anilines is 1. The predicted octanol–water partition coefficient (Wildman–Crippen LogP) is 5.24. The zero-order chi connectivity index (χ0) is 28.6. The van der Waals surface area contributed by atoms with Crippen molar-refractivity contribution in [3.05, 3.63) is 114 Å². The van der Waals surface area contributed by atoms with Gasteiger partial charge < -0.3 is 19.9 Å². The molecule has 0 amide bonds. The maximum Gasteiger partial charge on any atom is 0.312 e. The fourth-order valence-electron chi connectivity index (χ4n) is 5.55. The summed E-state index contributed by atoms with van der Waals surface area (Å²) < 4.78 is 43.0. The molecule has 3 heterocycles. The molecule has 6 rings (SSSR count). The van der Waals surface area contributed by atoms with E-state index in [2.05, 4.69) is 20.3 Å². The minimum absolute atomic E-state index is 0.0724. The standard InChI is InChI=1S/C31H29F2N5O3/c1-19-24(17-39)41-29(25(19)32)38-18-34-26-27(35-30(33)36-28(26)38)37-31(20-9-5-3-6-10-20,21-11-7-4-8-12-21)22-13-15-23(40-2)16-14-22/h3-16,18-19,24-25,29,39H,17H2,1-2H3,(H,35,36,37)/t19-,24-,25+,29-/m1/s1. The van der Waals surface area contributed by atoms with Gasteiger partial charge in [0.05, 0.1) is 26.1 Å². The molecule has 210 valence electrons. The third kappa shape index (κ3) is 4.58. The molecule has 0 aliphatic carbocycles. The van der Waals surface area contributed by atoms with Gasteiger partial charge in [-0.05, 0) is 28.8 Å². The Morgan fingerprint density at radius 2 is 1.56 bits per heavy atom.